The molecule has 4 heterocycles. The highest BCUT2D eigenvalue weighted by atomic mass is 16.2. The van der Waals surface area contributed by atoms with E-state index < -0.39 is 6.04 Å². The zero-order valence-electron chi connectivity index (χ0n) is 16.1. The van der Waals surface area contributed by atoms with E-state index in [9.17, 15) is 14.4 Å². The summed E-state index contributed by atoms with van der Waals surface area (Å²) in [5.41, 5.74) is 4.67. The van der Waals surface area contributed by atoms with Crippen molar-refractivity contribution in [1.29, 1.82) is 0 Å². The molecular formula is C20H22N6O3. The van der Waals surface area contributed by atoms with Gasteiger partial charge in [0.15, 0.2) is 0 Å². The van der Waals surface area contributed by atoms with Crippen LogP contribution >= 0.6 is 0 Å². The molecule has 0 radical (unpaired) electrons. The maximum atomic E-state index is 13.2. The molecule has 5 rings (SSSR count). The number of anilines is 1. The first-order chi connectivity index (χ1) is 14.0. The van der Waals surface area contributed by atoms with Crippen molar-refractivity contribution in [1.82, 2.24) is 25.3 Å². The van der Waals surface area contributed by atoms with Gasteiger partial charge in [-0.3, -0.25) is 24.4 Å². The van der Waals surface area contributed by atoms with Crippen LogP contribution in [0.25, 0.3) is 0 Å². The van der Waals surface area contributed by atoms with Crippen LogP contribution in [0.5, 0.6) is 0 Å². The SMILES string of the molecule is Cn1nc2c(c1NCc1cccc3c1C(=O)N(C1CCC(=O)NC1=O)C3)CNC2. The maximum Gasteiger partial charge on any atom is 0.255 e. The Kier molecular flexibility index (Phi) is 4.13. The third kappa shape index (κ3) is 2.89. The molecule has 3 aliphatic rings. The van der Waals surface area contributed by atoms with Gasteiger partial charge in [-0.1, -0.05) is 18.2 Å². The second-order valence-corrected chi connectivity index (χ2v) is 7.71. The fourth-order valence-corrected chi connectivity index (χ4v) is 4.49. The van der Waals surface area contributed by atoms with Crippen LogP contribution in [0, 0.1) is 0 Å². The number of amides is 3. The Balaban J connectivity index is 1.38. The molecule has 0 bridgehead atoms. The van der Waals surface area contributed by atoms with Crippen LogP contribution in [0.2, 0.25) is 0 Å². The Morgan fingerprint density at radius 2 is 2.10 bits per heavy atom. The Bertz CT molecular complexity index is 1040. The molecule has 3 aliphatic heterocycles. The predicted molar refractivity (Wildman–Crippen MR) is 104 cm³/mol. The van der Waals surface area contributed by atoms with Crippen LogP contribution in [-0.2, 0) is 42.8 Å². The molecule has 1 aromatic carbocycles. The summed E-state index contributed by atoms with van der Waals surface area (Å²) in [4.78, 5) is 38.4. The van der Waals surface area contributed by atoms with Crippen molar-refractivity contribution in [3.8, 4) is 0 Å². The van der Waals surface area contributed by atoms with Gasteiger partial charge >= 0.3 is 0 Å². The third-order valence-electron chi connectivity index (χ3n) is 5.91. The summed E-state index contributed by atoms with van der Waals surface area (Å²) >= 11 is 0. The molecule has 1 aromatic heterocycles. The van der Waals surface area contributed by atoms with E-state index in [2.05, 4.69) is 21.0 Å². The number of rotatable bonds is 4. The summed E-state index contributed by atoms with van der Waals surface area (Å²) < 4.78 is 1.84. The van der Waals surface area contributed by atoms with Crippen molar-refractivity contribution >= 4 is 23.5 Å². The fraction of sp³-hybridized carbons (Fsp3) is 0.400. The predicted octanol–water partition coefficient (Wildman–Crippen LogP) is 0.396. The molecule has 1 unspecified atom stereocenters. The van der Waals surface area contributed by atoms with Crippen molar-refractivity contribution in [3.05, 3.63) is 46.1 Å². The first-order valence-corrected chi connectivity index (χ1v) is 9.77. The lowest BCUT2D eigenvalue weighted by Gasteiger charge is -2.29. The summed E-state index contributed by atoms with van der Waals surface area (Å²) in [7, 11) is 1.91. The number of nitrogens with one attached hydrogen (secondary N) is 3. The van der Waals surface area contributed by atoms with Crippen LogP contribution in [-0.4, -0.2) is 38.4 Å². The smallest absolute Gasteiger partial charge is 0.255 e. The molecule has 150 valence electrons. The number of aryl methyl sites for hydroxylation is 1. The lowest BCUT2D eigenvalue weighted by atomic mass is 10.0. The number of benzene rings is 1. The van der Waals surface area contributed by atoms with Crippen LogP contribution < -0.4 is 16.0 Å². The second-order valence-electron chi connectivity index (χ2n) is 7.71. The minimum absolute atomic E-state index is 0.149. The minimum Gasteiger partial charge on any atom is -0.366 e. The Morgan fingerprint density at radius 1 is 1.24 bits per heavy atom. The molecule has 9 nitrogen and oxygen atoms in total. The number of carbonyl (C=O) groups excluding carboxylic acids is 3. The highest BCUT2D eigenvalue weighted by molar-refractivity contribution is 6.06. The van der Waals surface area contributed by atoms with Crippen LogP contribution in [0.15, 0.2) is 18.2 Å². The van der Waals surface area contributed by atoms with E-state index in [1.807, 2.05) is 29.9 Å². The number of hydrogen-bond acceptors (Lipinski definition) is 6. The topological polar surface area (TPSA) is 108 Å². The van der Waals surface area contributed by atoms with Gasteiger partial charge in [-0.15, -0.1) is 0 Å². The molecule has 29 heavy (non-hydrogen) atoms. The Labute approximate surface area is 167 Å². The van der Waals surface area contributed by atoms with E-state index >= 15 is 0 Å². The number of carbonyl (C=O) groups is 3. The van der Waals surface area contributed by atoms with E-state index in [0.717, 1.165) is 41.3 Å². The zero-order chi connectivity index (χ0) is 20.1. The van der Waals surface area contributed by atoms with Gasteiger partial charge in [0, 0.05) is 50.8 Å². The Hall–Kier alpha value is -3.20. The van der Waals surface area contributed by atoms with Crippen molar-refractivity contribution in [2.45, 2.75) is 45.1 Å². The number of fused-ring (bicyclic) bond motifs is 2. The highest BCUT2D eigenvalue weighted by Gasteiger charge is 2.40. The molecule has 3 amide bonds. The summed E-state index contributed by atoms with van der Waals surface area (Å²) in [6.45, 7) is 2.43. The zero-order valence-corrected chi connectivity index (χ0v) is 16.1. The lowest BCUT2D eigenvalue weighted by Crippen LogP contribution is -2.52. The number of hydrogen-bond donors (Lipinski definition) is 3. The highest BCUT2D eigenvalue weighted by Crippen LogP contribution is 2.31. The van der Waals surface area contributed by atoms with Gasteiger partial charge in [-0.25, -0.2) is 0 Å². The monoisotopic (exact) mass is 394 g/mol. The normalized spacial score (nSPS) is 20.7. The van der Waals surface area contributed by atoms with Gasteiger partial charge in [0.2, 0.25) is 11.8 Å². The van der Waals surface area contributed by atoms with Crippen molar-refractivity contribution in [2.24, 2.45) is 7.05 Å². The van der Waals surface area contributed by atoms with Crippen LogP contribution in [0.1, 0.15) is 45.6 Å². The first kappa shape index (κ1) is 17.9. The maximum absolute atomic E-state index is 13.2. The standard InChI is InChI=1S/C20H22N6O3/c1-25-18(13-8-21-9-14(13)24-25)22-7-11-3-2-4-12-10-26(20(29)17(11)12)15-5-6-16(27)23-19(15)28/h2-4,15,21-22H,5-10H2,1H3,(H,23,27,28). The molecule has 1 saturated heterocycles. The quantitative estimate of drug-likeness (QED) is 0.648. The molecule has 1 fully saturated rings. The number of piperidine rings is 1. The van der Waals surface area contributed by atoms with Gasteiger partial charge in [0.05, 0.1) is 5.69 Å². The van der Waals surface area contributed by atoms with E-state index in [-0.39, 0.29) is 24.1 Å². The van der Waals surface area contributed by atoms with Gasteiger partial charge in [-0.05, 0) is 17.5 Å². The molecule has 9 heteroatoms. The van der Waals surface area contributed by atoms with E-state index in [1.54, 1.807) is 4.90 Å². The summed E-state index contributed by atoms with van der Waals surface area (Å²) in [6.07, 6.45) is 0.622. The lowest BCUT2D eigenvalue weighted by molar-refractivity contribution is -0.136. The van der Waals surface area contributed by atoms with Crippen LogP contribution in [0.3, 0.4) is 0 Å². The first-order valence-electron chi connectivity index (χ1n) is 9.77. The molecular weight excluding hydrogens is 372 g/mol. The van der Waals surface area contributed by atoms with Gasteiger partial charge in [-0.2, -0.15) is 5.10 Å². The summed E-state index contributed by atoms with van der Waals surface area (Å²) in [6, 6.07) is 5.20. The average Bonchev–Trinajstić information content (AvgIpc) is 3.34. The van der Waals surface area contributed by atoms with Crippen molar-refractivity contribution in [2.75, 3.05) is 5.32 Å². The van der Waals surface area contributed by atoms with E-state index in [1.165, 1.54) is 0 Å². The van der Waals surface area contributed by atoms with Crippen LogP contribution in [0.4, 0.5) is 5.82 Å². The van der Waals surface area contributed by atoms with E-state index in [0.29, 0.717) is 25.1 Å². The number of aromatic nitrogens is 2. The largest absolute Gasteiger partial charge is 0.366 e. The minimum atomic E-state index is -0.597. The molecule has 0 saturated carbocycles. The molecule has 0 spiro atoms. The van der Waals surface area contributed by atoms with Crippen molar-refractivity contribution < 1.29 is 14.4 Å². The molecule has 3 N–H and O–H groups in total. The average molecular weight is 394 g/mol. The summed E-state index contributed by atoms with van der Waals surface area (Å²) in [5.74, 6) is 0.136. The fourth-order valence-electron chi connectivity index (χ4n) is 4.49. The number of imide groups is 1. The summed E-state index contributed by atoms with van der Waals surface area (Å²) in [5, 5.41) is 13.6. The molecule has 2 aromatic rings. The number of nitrogens with zero attached hydrogens (tertiary/aromatic N) is 3. The van der Waals surface area contributed by atoms with Crippen molar-refractivity contribution in [3.63, 3.8) is 0 Å². The molecule has 0 aliphatic carbocycles. The third-order valence-corrected chi connectivity index (χ3v) is 5.91. The van der Waals surface area contributed by atoms with Gasteiger partial charge in [0.25, 0.3) is 5.91 Å². The van der Waals surface area contributed by atoms with E-state index in [4.69, 9.17) is 0 Å². The Morgan fingerprint density at radius 3 is 2.93 bits per heavy atom. The van der Waals surface area contributed by atoms with Gasteiger partial charge < -0.3 is 15.5 Å². The second kappa shape index (κ2) is 6.70. The van der Waals surface area contributed by atoms with Gasteiger partial charge in [0.1, 0.15) is 11.9 Å². The molecule has 1 atom stereocenters.